The molecule has 0 aliphatic rings. The van der Waals surface area contributed by atoms with Gasteiger partial charge < -0.3 is 14.6 Å². The first kappa shape index (κ1) is 13.8. The maximum atomic E-state index is 9.99. The Hall–Kier alpha value is -1.26. The van der Waals surface area contributed by atoms with Crippen LogP contribution < -0.4 is 15.2 Å². The number of ether oxygens (including phenoxy) is 2. The van der Waals surface area contributed by atoms with Crippen molar-refractivity contribution in [2.45, 2.75) is 32.4 Å². The third-order valence-corrected chi connectivity index (χ3v) is 2.66. The van der Waals surface area contributed by atoms with E-state index >= 15 is 0 Å². The average Bonchev–Trinajstić information content (AvgIpc) is 2.35. The molecule has 1 aromatic rings. The summed E-state index contributed by atoms with van der Waals surface area (Å²) < 4.78 is 10.8. The smallest absolute Gasteiger partial charge is 0.161 e. The van der Waals surface area contributed by atoms with Crippen molar-refractivity contribution < 1.29 is 14.6 Å². The molecule has 1 aromatic carbocycles. The van der Waals surface area contributed by atoms with Crippen molar-refractivity contribution in [3.63, 3.8) is 0 Å². The zero-order valence-electron chi connectivity index (χ0n) is 10.7. The normalized spacial score (nSPS) is 14.2. The number of rotatable bonds is 6. The van der Waals surface area contributed by atoms with Crippen molar-refractivity contribution in [1.82, 2.24) is 0 Å². The zero-order chi connectivity index (χ0) is 12.9. The van der Waals surface area contributed by atoms with Crippen molar-refractivity contribution in [1.29, 1.82) is 0 Å². The van der Waals surface area contributed by atoms with Gasteiger partial charge in [0.2, 0.25) is 0 Å². The molecule has 0 saturated carbocycles. The van der Waals surface area contributed by atoms with Gasteiger partial charge in [-0.1, -0.05) is 19.9 Å². The van der Waals surface area contributed by atoms with Crippen molar-refractivity contribution in [2.24, 2.45) is 5.73 Å². The quantitative estimate of drug-likeness (QED) is 0.745. The Balaban J connectivity index is 3.04. The molecule has 0 bridgehead atoms. The molecule has 0 amide bonds. The van der Waals surface area contributed by atoms with E-state index in [9.17, 15) is 5.11 Å². The summed E-state index contributed by atoms with van der Waals surface area (Å²) in [6.07, 6.45) is 1.35. The molecule has 0 radical (unpaired) electrons. The van der Waals surface area contributed by atoms with Gasteiger partial charge in [0.1, 0.15) is 5.72 Å². The second-order valence-electron chi connectivity index (χ2n) is 3.99. The predicted molar refractivity (Wildman–Crippen MR) is 67.2 cm³/mol. The van der Waals surface area contributed by atoms with Crippen LogP contribution in [0, 0.1) is 0 Å². The van der Waals surface area contributed by atoms with Crippen LogP contribution in [0.15, 0.2) is 18.2 Å². The molecule has 1 rings (SSSR count). The Labute approximate surface area is 102 Å². The topological polar surface area (TPSA) is 64.7 Å². The molecular weight excluding hydrogens is 218 g/mol. The van der Waals surface area contributed by atoms with Gasteiger partial charge in [-0.05, 0) is 25.0 Å². The minimum atomic E-state index is -1.32. The fourth-order valence-corrected chi connectivity index (χ4v) is 1.47. The van der Waals surface area contributed by atoms with Crippen LogP contribution in [0.2, 0.25) is 0 Å². The van der Waals surface area contributed by atoms with E-state index in [1.165, 1.54) is 0 Å². The van der Waals surface area contributed by atoms with Gasteiger partial charge in [0, 0.05) is 5.56 Å². The highest BCUT2D eigenvalue weighted by atomic mass is 16.5. The minimum absolute atomic E-state index is 0.437. The lowest BCUT2D eigenvalue weighted by molar-refractivity contribution is 0.0391. The maximum absolute atomic E-state index is 9.99. The SMILES string of the molecule is CCCOc1cc(C(N)(O)CC)ccc1OC. The maximum Gasteiger partial charge on any atom is 0.161 e. The summed E-state index contributed by atoms with van der Waals surface area (Å²) in [6.45, 7) is 4.47. The van der Waals surface area contributed by atoms with Crippen LogP contribution >= 0.6 is 0 Å². The van der Waals surface area contributed by atoms with Gasteiger partial charge in [-0.15, -0.1) is 0 Å². The highest BCUT2D eigenvalue weighted by molar-refractivity contribution is 5.44. The summed E-state index contributed by atoms with van der Waals surface area (Å²) >= 11 is 0. The van der Waals surface area contributed by atoms with Crippen molar-refractivity contribution in [3.8, 4) is 11.5 Å². The highest BCUT2D eigenvalue weighted by Gasteiger charge is 2.22. The fraction of sp³-hybridized carbons (Fsp3) is 0.538. The van der Waals surface area contributed by atoms with Gasteiger partial charge in [0.05, 0.1) is 13.7 Å². The highest BCUT2D eigenvalue weighted by Crippen LogP contribution is 2.31. The van der Waals surface area contributed by atoms with E-state index in [1.54, 1.807) is 25.3 Å². The Morgan fingerprint density at radius 1 is 1.29 bits per heavy atom. The predicted octanol–water partition coefficient (Wildman–Crippen LogP) is 2.00. The molecule has 4 heteroatoms. The van der Waals surface area contributed by atoms with Gasteiger partial charge >= 0.3 is 0 Å². The van der Waals surface area contributed by atoms with Gasteiger partial charge in [-0.25, -0.2) is 0 Å². The molecule has 0 heterocycles. The second-order valence-corrected chi connectivity index (χ2v) is 3.99. The van der Waals surface area contributed by atoms with Crippen molar-refractivity contribution >= 4 is 0 Å². The lowest BCUT2D eigenvalue weighted by Gasteiger charge is -2.23. The first-order chi connectivity index (χ1) is 8.05. The van der Waals surface area contributed by atoms with Gasteiger partial charge in [-0.2, -0.15) is 0 Å². The second kappa shape index (κ2) is 5.89. The molecule has 3 N–H and O–H groups in total. The number of nitrogens with two attached hydrogens (primary N) is 1. The molecule has 4 nitrogen and oxygen atoms in total. The molecule has 0 aromatic heterocycles. The van der Waals surface area contributed by atoms with Gasteiger partial charge in [0.25, 0.3) is 0 Å². The summed E-state index contributed by atoms with van der Waals surface area (Å²) in [5.74, 6) is 1.26. The van der Waals surface area contributed by atoms with Crippen LogP contribution in [-0.2, 0) is 5.72 Å². The first-order valence-electron chi connectivity index (χ1n) is 5.87. The molecule has 1 atom stereocenters. The van der Waals surface area contributed by atoms with E-state index in [4.69, 9.17) is 15.2 Å². The van der Waals surface area contributed by atoms with Crippen LogP contribution in [0.3, 0.4) is 0 Å². The molecule has 0 spiro atoms. The molecule has 17 heavy (non-hydrogen) atoms. The number of methoxy groups -OCH3 is 1. The summed E-state index contributed by atoms with van der Waals surface area (Å²) in [4.78, 5) is 0. The third-order valence-electron chi connectivity index (χ3n) is 2.66. The summed E-state index contributed by atoms with van der Waals surface area (Å²) in [5, 5.41) is 9.99. The van der Waals surface area contributed by atoms with Crippen LogP contribution in [0.5, 0.6) is 11.5 Å². The van der Waals surface area contributed by atoms with Gasteiger partial charge in [-0.3, -0.25) is 5.73 Å². The zero-order valence-corrected chi connectivity index (χ0v) is 10.7. The molecule has 0 aliphatic carbocycles. The Morgan fingerprint density at radius 2 is 2.00 bits per heavy atom. The van der Waals surface area contributed by atoms with E-state index in [2.05, 4.69) is 0 Å². The van der Waals surface area contributed by atoms with E-state index in [0.29, 0.717) is 30.1 Å². The monoisotopic (exact) mass is 239 g/mol. The summed E-state index contributed by atoms with van der Waals surface area (Å²) in [5.41, 5.74) is 5.09. The standard InChI is InChI=1S/C13H21NO3/c1-4-8-17-12-9-10(13(14,15)5-2)6-7-11(12)16-3/h6-7,9,15H,4-5,8,14H2,1-3H3. The van der Waals surface area contributed by atoms with Crippen molar-refractivity contribution in [3.05, 3.63) is 23.8 Å². The molecule has 96 valence electrons. The van der Waals surface area contributed by atoms with E-state index in [-0.39, 0.29) is 0 Å². The van der Waals surface area contributed by atoms with Crippen LogP contribution in [0.25, 0.3) is 0 Å². The lowest BCUT2D eigenvalue weighted by atomic mass is 10.0. The summed E-state index contributed by atoms with van der Waals surface area (Å²) in [7, 11) is 1.59. The minimum Gasteiger partial charge on any atom is -0.493 e. The van der Waals surface area contributed by atoms with E-state index < -0.39 is 5.72 Å². The molecular formula is C13H21NO3. The van der Waals surface area contributed by atoms with Gasteiger partial charge in [0.15, 0.2) is 11.5 Å². The van der Waals surface area contributed by atoms with Crippen LogP contribution in [0.4, 0.5) is 0 Å². The van der Waals surface area contributed by atoms with E-state index in [1.807, 2.05) is 13.8 Å². The Bertz CT molecular complexity index is 364. The largest absolute Gasteiger partial charge is 0.493 e. The number of aliphatic hydroxyl groups is 1. The number of benzene rings is 1. The Kier molecular flexibility index (Phi) is 4.78. The number of hydrogen-bond donors (Lipinski definition) is 2. The average molecular weight is 239 g/mol. The molecule has 1 unspecified atom stereocenters. The van der Waals surface area contributed by atoms with Crippen LogP contribution in [-0.4, -0.2) is 18.8 Å². The first-order valence-corrected chi connectivity index (χ1v) is 5.87. The third kappa shape index (κ3) is 3.35. The molecule has 0 fully saturated rings. The lowest BCUT2D eigenvalue weighted by Crippen LogP contribution is -2.35. The Morgan fingerprint density at radius 3 is 2.53 bits per heavy atom. The summed E-state index contributed by atoms with van der Waals surface area (Å²) in [6, 6.07) is 5.24. The molecule has 0 saturated heterocycles. The van der Waals surface area contributed by atoms with E-state index in [0.717, 1.165) is 6.42 Å². The van der Waals surface area contributed by atoms with Crippen molar-refractivity contribution in [2.75, 3.05) is 13.7 Å². The fourth-order valence-electron chi connectivity index (χ4n) is 1.47. The molecule has 0 aliphatic heterocycles. The van der Waals surface area contributed by atoms with Crippen LogP contribution in [0.1, 0.15) is 32.3 Å². The number of hydrogen-bond acceptors (Lipinski definition) is 4.